The van der Waals surface area contributed by atoms with Crippen molar-refractivity contribution in [3.8, 4) is 17.5 Å². The number of benzene rings is 2. The van der Waals surface area contributed by atoms with Gasteiger partial charge in [-0.25, -0.2) is 9.78 Å². The summed E-state index contributed by atoms with van der Waals surface area (Å²) in [6, 6.07) is 18.8. The van der Waals surface area contributed by atoms with Crippen molar-refractivity contribution < 1.29 is 18.7 Å². The van der Waals surface area contributed by atoms with Crippen LogP contribution in [-0.4, -0.2) is 22.6 Å². The van der Waals surface area contributed by atoms with Crippen molar-refractivity contribution in [3.05, 3.63) is 83.0 Å². The van der Waals surface area contributed by atoms with Gasteiger partial charge in [0, 0.05) is 17.1 Å². The third-order valence-corrected chi connectivity index (χ3v) is 5.11. The second-order valence-electron chi connectivity index (χ2n) is 7.18. The number of rotatable bonds is 6. The Kier molecular flexibility index (Phi) is 5.77. The molecule has 0 aliphatic rings. The van der Waals surface area contributed by atoms with Crippen LogP contribution < -0.4 is 4.74 Å². The molecule has 32 heavy (non-hydrogen) atoms. The Labute approximate surface area is 185 Å². The van der Waals surface area contributed by atoms with Gasteiger partial charge in [0.15, 0.2) is 12.2 Å². The van der Waals surface area contributed by atoms with Gasteiger partial charge in [-0.15, -0.1) is 0 Å². The minimum atomic E-state index is -0.732. The Balaban J connectivity index is 1.54. The lowest BCUT2D eigenvalue weighted by atomic mass is 10.1. The first kappa shape index (κ1) is 20.9. The van der Waals surface area contributed by atoms with Gasteiger partial charge in [0.05, 0.1) is 7.11 Å². The largest absolute Gasteiger partial charge is 0.497 e. The minimum Gasteiger partial charge on any atom is -0.497 e. The van der Waals surface area contributed by atoms with Crippen LogP contribution in [0.5, 0.6) is 5.75 Å². The predicted octanol–water partition coefficient (Wildman–Crippen LogP) is 4.89. The Morgan fingerprint density at radius 2 is 1.94 bits per heavy atom. The van der Waals surface area contributed by atoms with Crippen molar-refractivity contribution in [2.24, 2.45) is 0 Å². The summed E-state index contributed by atoms with van der Waals surface area (Å²) in [6.45, 7) is 3.74. The number of hydrogen-bond acceptors (Lipinski definition) is 6. The Morgan fingerprint density at radius 1 is 1.19 bits per heavy atom. The van der Waals surface area contributed by atoms with Gasteiger partial charge >= 0.3 is 5.97 Å². The molecule has 7 nitrogen and oxygen atoms in total. The van der Waals surface area contributed by atoms with E-state index in [-0.39, 0.29) is 18.1 Å². The Hall–Kier alpha value is -4.31. The number of nitrogens with zero attached hydrogens (tertiary/aromatic N) is 3. The first-order valence-electron chi connectivity index (χ1n) is 9.97. The molecule has 0 spiro atoms. The van der Waals surface area contributed by atoms with Gasteiger partial charge < -0.3 is 18.5 Å². The molecule has 2 aromatic carbocycles. The number of carbonyl (C=O) groups excluding carboxylic acids is 1. The maximum Gasteiger partial charge on any atom is 0.349 e. The molecule has 0 aliphatic heterocycles. The van der Waals surface area contributed by atoms with E-state index in [1.54, 1.807) is 13.2 Å². The van der Waals surface area contributed by atoms with Gasteiger partial charge in [0.2, 0.25) is 5.89 Å². The van der Waals surface area contributed by atoms with Crippen molar-refractivity contribution in [1.29, 1.82) is 5.26 Å². The second kappa shape index (κ2) is 8.82. The van der Waals surface area contributed by atoms with Crippen molar-refractivity contribution in [3.63, 3.8) is 0 Å². The first-order valence-corrected chi connectivity index (χ1v) is 9.97. The van der Waals surface area contributed by atoms with Crippen LogP contribution in [0.25, 0.3) is 22.9 Å². The van der Waals surface area contributed by atoms with E-state index in [1.807, 2.05) is 73.0 Å². The van der Waals surface area contributed by atoms with Crippen LogP contribution >= 0.6 is 0 Å². The van der Waals surface area contributed by atoms with Crippen LogP contribution in [0.4, 0.5) is 0 Å². The van der Waals surface area contributed by atoms with Crippen molar-refractivity contribution in [1.82, 2.24) is 9.55 Å². The van der Waals surface area contributed by atoms with Gasteiger partial charge in [-0.3, -0.25) is 0 Å². The average molecular weight is 427 g/mol. The number of esters is 1. The summed E-state index contributed by atoms with van der Waals surface area (Å²) in [5, 5.41) is 9.53. The van der Waals surface area contributed by atoms with E-state index < -0.39 is 5.97 Å². The zero-order valence-electron chi connectivity index (χ0n) is 18.0. The number of aromatic nitrogens is 2. The number of ether oxygens (including phenoxy) is 2. The Bertz CT molecular complexity index is 1320. The van der Waals surface area contributed by atoms with Gasteiger partial charge in [0.25, 0.3) is 0 Å². The van der Waals surface area contributed by atoms with E-state index in [1.165, 1.54) is 6.08 Å². The number of aryl methyl sites for hydroxylation is 1. The molecule has 0 fully saturated rings. The number of methoxy groups -OCH3 is 1. The highest BCUT2D eigenvalue weighted by molar-refractivity contribution is 5.98. The van der Waals surface area contributed by atoms with Gasteiger partial charge in [-0.05, 0) is 68.0 Å². The molecule has 160 valence electrons. The molecule has 4 rings (SSSR count). The highest BCUT2D eigenvalue weighted by Crippen LogP contribution is 2.24. The summed E-state index contributed by atoms with van der Waals surface area (Å²) in [6.07, 6.45) is 1.54. The lowest BCUT2D eigenvalue weighted by molar-refractivity contribution is -0.140. The molecule has 0 saturated heterocycles. The first-order chi connectivity index (χ1) is 15.5. The number of carbonyl (C=O) groups is 1. The van der Waals surface area contributed by atoms with Crippen LogP contribution in [0.1, 0.15) is 22.8 Å². The van der Waals surface area contributed by atoms with Crippen LogP contribution in [0.15, 0.2) is 64.6 Å². The summed E-state index contributed by atoms with van der Waals surface area (Å²) in [7, 11) is 1.62. The monoisotopic (exact) mass is 427 g/mol. The maximum absolute atomic E-state index is 12.5. The molecule has 0 radical (unpaired) electrons. The smallest absolute Gasteiger partial charge is 0.349 e. The fourth-order valence-corrected chi connectivity index (χ4v) is 3.54. The molecular formula is C25H21N3O4. The summed E-state index contributed by atoms with van der Waals surface area (Å²) in [5.74, 6) is 0.309. The van der Waals surface area contributed by atoms with Gasteiger partial charge in [-0.2, -0.15) is 5.26 Å². The number of para-hydroxylation sites is 2. The topological polar surface area (TPSA) is 90.3 Å². The molecule has 0 bridgehead atoms. The third kappa shape index (κ3) is 4.12. The summed E-state index contributed by atoms with van der Waals surface area (Å²) in [4.78, 5) is 16.8. The van der Waals surface area contributed by atoms with Gasteiger partial charge in [-0.1, -0.05) is 12.1 Å². The van der Waals surface area contributed by atoms with E-state index >= 15 is 0 Å². The molecule has 0 amide bonds. The maximum atomic E-state index is 12.5. The van der Waals surface area contributed by atoms with Gasteiger partial charge in [0.1, 0.15) is 22.9 Å². The van der Waals surface area contributed by atoms with E-state index in [4.69, 9.17) is 13.9 Å². The number of oxazole rings is 1. The summed E-state index contributed by atoms with van der Waals surface area (Å²) < 4.78 is 18.1. The Morgan fingerprint density at radius 3 is 2.62 bits per heavy atom. The number of hydrogen-bond donors (Lipinski definition) is 0. The summed E-state index contributed by atoms with van der Waals surface area (Å²) >= 11 is 0. The standard InChI is InChI=1S/C25H21N3O4/c1-16-12-18(17(2)28(16)20-8-10-21(30-3)11-9-20)13-19(14-26)25(29)31-15-24-27-22-6-4-5-7-23(22)32-24/h4-13H,15H2,1-3H3/b19-13+. The quantitative estimate of drug-likeness (QED) is 0.247. The summed E-state index contributed by atoms with van der Waals surface area (Å²) in [5.41, 5.74) is 4.77. The molecular weight excluding hydrogens is 406 g/mol. The molecule has 0 unspecified atom stereocenters. The number of nitriles is 1. The van der Waals surface area contributed by atoms with E-state index in [0.29, 0.717) is 11.1 Å². The molecule has 7 heteroatoms. The fourth-order valence-electron chi connectivity index (χ4n) is 3.54. The lowest BCUT2D eigenvalue weighted by Gasteiger charge is -2.10. The predicted molar refractivity (Wildman–Crippen MR) is 119 cm³/mol. The molecule has 2 aromatic heterocycles. The van der Waals surface area contributed by atoms with Crippen LogP contribution in [0.3, 0.4) is 0 Å². The van der Waals surface area contributed by atoms with Crippen molar-refractivity contribution >= 4 is 23.1 Å². The normalized spacial score (nSPS) is 11.4. The molecule has 0 saturated carbocycles. The van der Waals surface area contributed by atoms with Crippen molar-refractivity contribution in [2.75, 3.05) is 7.11 Å². The van der Waals surface area contributed by atoms with Crippen molar-refractivity contribution in [2.45, 2.75) is 20.5 Å². The molecule has 2 heterocycles. The van der Waals surface area contributed by atoms with E-state index in [9.17, 15) is 10.1 Å². The highest BCUT2D eigenvalue weighted by Gasteiger charge is 2.16. The molecule has 0 aliphatic carbocycles. The third-order valence-electron chi connectivity index (χ3n) is 5.11. The lowest BCUT2D eigenvalue weighted by Crippen LogP contribution is -2.07. The molecule has 0 atom stereocenters. The van der Waals surface area contributed by atoms with E-state index in [2.05, 4.69) is 4.98 Å². The molecule has 4 aromatic rings. The average Bonchev–Trinajstić information content (AvgIpc) is 3.35. The van der Waals surface area contributed by atoms with Crippen LogP contribution in [0.2, 0.25) is 0 Å². The zero-order chi connectivity index (χ0) is 22.7. The zero-order valence-corrected chi connectivity index (χ0v) is 18.0. The SMILES string of the molecule is COc1ccc(-n2c(C)cc(/C=C(\C#N)C(=O)OCc3nc4ccccc4o3)c2C)cc1. The molecule has 0 N–H and O–H groups in total. The van der Waals surface area contributed by atoms with E-state index in [0.717, 1.165) is 28.4 Å². The number of fused-ring (bicyclic) bond motifs is 1. The highest BCUT2D eigenvalue weighted by atomic mass is 16.5. The van der Waals surface area contributed by atoms with Crippen LogP contribution in [0, 0.1) is 25.2 Å². The minimum absolute atomic E-state index is 0.101. The van der Waals surface area contributed by atoms with Crippen LogP contribution in [-0.2, 0) is 16.1 Å². The fraction of sp³-hybridized carbons (Fsp3) is 0.160. The second-order valence-corrected chi connectivity index (χ2v) is 7.18.